The van der Waals surface area contributed by atoms with Gasteiger partial charge in [-0.3, -0.25) is 0 Å². The predicted molar refractivity (Wildman–Crippen MR) is 65.2 cm³/mol. The molecule has 5 nitrogen and oxygen atoms in total. The number of methoxy groups -OCH3 is 1. The van der Waals surface area contributed by atoms with E-state index in [0.717, 1.165) is 25.1 Å². The Labute approximate surface area is 101 Å². The van der Waals surface area contributed by atoms with Gasteiger partial charge >= 0.3 is 0 Å². The first-order chi connectivity index (χ1) is 8.22. The van der Waals surface area contributed by atoms with Crippen LogP contribution in [0.3, 0.4) is 0 Å². The molecule has 0 saturated heterocycles. The molecule has 0 aromatic carbocycles. The molecule has 1 aromatic rings. The first-order valence-corrected chi connectivity index (χ1v) is 6.00. The molecule has 0 bridgehead atoms. The summed E-state index contributed by atoms with van der Waals surface area (Å²) in [5, 5.41) is 12.6. The van der Waals surface area contributed by atoms with E-state index in [1.165, 1.54) is 0 Å². The fourth-order valence-corrected chi connectivity index (χ4v) is 2.35. The maximum absolute atomic E-state index is 9.27. The van der Waals surface area contributed by atoms with Gasteiger partial charge in [-0.1, -0.05) is 6.42 Å². The van der Waals surface area contributed by atoms with E-state index < -0.39 is 0 Å². The smallest absolute Gasteiger partial charge is 0.218 e. The predicted octanol–water partition coefficient (Wildman–Crippen LogP) is 1.37. The van der Waals surface area contributed by atoms with Crippen LogP contribution < -0.4 is 10.1 Å². The normalized spacial score (nSPS) is 23.7. The van der Waals surface area contributed by atoms with Crippen LogP contribution in [0.25, 0.3) is 0 Å². The molecule has 1 aliphatic rings. The van der Waals surface area contributed by atoms with Gasteiger partial charge in [-0.2, -0.15) is 4.98 Å². The van der Waals surface area contributed by atoms with Gasteiger partial charge in [-0.25, -0.2) is 4.98 Å². The highest BCUT2D eigenvalue weighted by Crippen LogP contribution is 2.28. The Morgan fingerprint density at radius 1 is 1.47 bits per heavy atom. The largest absolute Gasteiger partial charge is 0.481 e. The molecule has 1 aliphatic carbocycles. The zero-order valence-electron chi connectivity index (χ0n) is 10.3. The first-order valence-electron chi connectivity index (χ1n) is 6.00. The van der Waals surface area contributed by atoms with Crippen molar-refractivity contribution in [2.75, 3.05) is 19.0 Å². The summed E-state index contributed by atoms with van der Waals surface area (Å²) in [6.45, 7) is 2.07. The summed E-state index contributed by atoms with van der Waals surface area (Å²) in [4.78, 5) is 8.47. The Bertz CT molecular complexity index is 384. The fourth-order valence-electron chi connectivity index (χ4n) is 2.35. The Kier molecular flexibility index (Phi) is 3.78. The van der Waals surface area contributed by atoms with Crippen LogP contribution in [0.5, 0.6) is 5.88 Å². The fraction of sp³-hybridized carbons (Fsp3) is 0.667. The van der Waals surface area contributed by atoms with Gasteiger partial charge in [0.05, 0.1) is 7.11 Å². The lowest BCUT2D eigenvalue weighted by molar-refractivity contribution is 0.222. The molecule has 2 rings (SSSR count). The van der Waals surface area contributed by atoms with E-state index in [4.69, 9.17) is 4.74 Å². The zero-order chi connectivity index (χ0) is 12.3. The van der Waals surface area contributed by atoms with Crippen molar-refractivity contribution in [3.8, 4) is 5.88 Å². The van der Waals surface area contributed by atoms with Crippen molar-refractivity contribution >= 4 is 5.82 Å². The summed E-state index contributed by atoms with van der Waals surface area (Å²) in [6.07, 6.45) is 3.32. The van der Waals surface area contributed by atoms with Gasteiger partial charge in [-0.15, -0.1) is 0 Å². The van der Waals surface area contributed by atoms with E-state index in [2.05, 4.69) is 15.3 Å². The number of aliphatic hydroxyl groups is 1. The summed E-state index contributed by atoms with van der Waals surface area (Å²) < 4.78 is 5.11. The minimum absolute atomic E-state index is 0.235. The van der Waals surface area contributed by atoms with Crippen LogP contribution in [0.4, 0.5) is 5.82 Å². The van der Waals surface area contributed by atoms with E-state index in [0.29, 0.717) is 23.7 Å². The van der Waals surface area contributed by atoms with Crippen LogP contribution in [-0.2, 0) is 0 Å². The van der Waals surface area contributed by atoms with Crippen molar-refractivity contribution in [2.24, 2.45) is 5.92 Å². The van der Waals surface area contributed by atoms with Crippen molar-refractivity contribution in [1.29, 1.82) is 0 Å². The highest BCUT2D eigenvalue weighted by molar-refractivity contribution is 5.39. The van der Waals surface area contributed by atoms with E-state index in [1.54, 1.807) is 13.2 Å². The number of ether oxygens (including phenoxy) is 1. The van der Waals surface area contributed by atoms with Crippen LogP contribution in [0.15, 0.2) is 6.07 Å². The number of nitrogens with zero attached hydrogens (tertiary/aromatic N) is 2. The average Bonchev–Trinajstić information content (AvgIpc) is 2.75. The lowest BCUT2D eigenvalue weighted by atomic mass is 10.1. The minimum Gasteiger partial charge on any atom is -0.481 e. The molecule has 94 valence electrons. The van der Waals surface area contributed by atoms with Gasteiger partial charge in [0, 0.05) is 24.6 Å². The van der Waals surface area contributed by atoms with Crippen molar-refractivity contribution in [3.63, 3.8) is 0 Å². The molecule has 5 heteroatoms. The number of anilines is 1. The molecular formula is C12H19N3O2. The van der Waals surface area contributed by atoms with E-state index in [1.807, 2.05) is 6.92 Å². The molecule has 2 N–H and O–H groups in total. The third-order valence-electron chi connectivity index (χ3n) is 3.25. The second kappa shape index (κ2) is 5.31. The number of aromatic nitrogens is 2. The Balaban J connectivity index is 2.09. The number of hydrogen-bond donors (Lipinski definition) is 2. The number of rotatable bonds is 4. The maximum atomic E-state index is 9.27. The zero-order valence-corrected chi connectivity index (χ0v) is 10.3. The van der Waals surface area contributed by atoms with E-state index >= 15 is 0 Å². The SMILES string of the molecule is COc1cc(NC2CCCC2CO)nc(C)n1. The van der Waals surface area contributed by atoms with Gasteiger partial charge < -0.3 is 15.2 Å². The lowest BCUT2D eigenvalue weighted by Crippen LogP contribution is -2.26. The topological polar surface area (TPSA) is 67.3 Å². The van der Waals surface area contributed by atoms with Gasteiger partial charge in [0.15, 0.2) is 0 Å². The molecule has 0 amide bonds. The molecular weight excluding hydrogens is 218 g/mol. The standard InChI is InChI=1S/C12H19N3O2/c1-8-13-11(6-12(14-8)17-2)15-10-5-3-4-9(10)7-16/h6,9-10,16H,3-5,7H2,1-2H3,(H,13,14,15). The molecule has 2 atom stereocenters. The van der Waals surface area contributed by atoms with Crippen molar-refractivity contribution < 1.29 is 9.84 Å². The van der Waals surface area contributed by atoms with Gasteiger partial charge in [-0.05, 0) is 19.8 Å². The van der Waals surface area contributed by atoms with Crippen LogP contribution in [-0.4, -0.2) is 34.8 Å². The van der Waals surface area contributed by atoms with Crippen molar-refractivity contribution in [1.82, 2.24) is 9.97 Å². The second-order valence-corrected chi connectivity index (χ2v) is 4.47. The summed E-state index contributed by atoms with van der Waals surface area (Å²) in [7, 11) is 1.59. The van der Waals surface area contributed by atoms with Crippen LogP contribution in [0.2, 0.25) is 0 Å². The summed E-state index contributed by atoms with van der Waals surface area (Å²) >= 11 is 0. The Morgan fingerprint density at radius 3 is 3.00 bits per heavy atom. The van der Waals surface area contributed by atoms with E-state index in [-0.39, 0.29) is 6.61 Å². The van der Waals surface area contributed by atoms with Crippen molar-refractivity contribution in [2.45, 2.75) is 32.2 Å². The highest BCUT2D eigenvalue weighted by atomic mass is 16.5. The molecule has 1 heterocycles. The van der Waals surface area contributed by atoms with Crippen LogP contribution >= 0.6 is 0 Å². The third kappa shape index (κ3) is 2.85. The monoisotopic (exact) mass is 237 g/mol. The molecule has 1 fully saturated rings. The number of hydrogen-bond acceptors (Lipinski definition) is 5. The molecule has 2 unspecified atom stereocenters. The van der Waals surface area contributed by atoms with Gasteiger partial charge in [0.1, 0.15) is 11.6 Å². The van der Waals surface area contributed by atoms with Gasteiger partial charge in [0.2, 0.25) is 5.88 Å². The molecule has 1 aromatic heterocycles. The molecule has 0 spiro atoms. The second-order valence-electron chi connectivity index (χ2n) is 4.47. The third-order valence-corrected chi connectivity index (χ3v) is 3.25. The van der Waals surface area contributed by atoms with Crippen LogP contribution in [0.1, 0.15) is 25.1 Å². The molecule has 0 aliphatic heterocycles. The Morgan fingerprint density at radius 2 is 2.29 bits per heavy atom. The van der Waals surface area contributed by atoms with Crippen molar-refractivity contribution in [3.05, 3.63) is 11.9 Å². The van der Waals surface area contributed by atoms with Gasteiger partial charge in [0.25, 0.3) is 0 Å². The Hall–Kier alpha value is -1.36. The summed E-state index contributed by atoms with van der Waals surface area (Å²) in [5.74, 6) is 2.36. The quantitative estimate of drug-likeness (QED) is 0.827. The average molecular weight is 237 g/mol. The maximum Gasteiger partial charge on any atom is 0.218 e. The number of aryl methyl sites for hydroxylation is 1. The molecule has 0 radical (unpaired) electrons. The minimum atomic E-state index is 0.235. The summed E-state index contributed by atoms with van der Waals surface area (Å²) in [5.41, 5.74) is 0. The van der Waals surface area contributed by atoms with E-state index in [9.17, 15) is 5.11 Å². The number of aliphatic hydroxyl groups excluding tert-OH is 1. The number of nitrogens with one attached hydrogen (secondary N) is 1. The summed E-state index contributed by atoms with van der Waals surface area (Å²) in [6, 6.07) is 2.10. The highest BCUT2D eigenvalue weighted by Gasteiger charge is 2.26. The van der Waals surface area contributed by atoms with Crippen LogP contribution in [0, 0.1) is 12.8 Å². The molecule has 17 heavy (non-hydrogen) atoms. The molecule has 1 saturated carbocycles. The lowest BCUT2D eigenvalue weighted by Gasteiger charge is -2.19. The first kappa shape index (κ1) is 12.1.